The molecule has 0 aromatic heterocycles. The quantitative estimate of drug-likeness (QED) is 0.914. The maximum Gasteiger partial charge on any atom is 0.245 e. The van der Waals surface area contributed by atoms with E-state index < -0.39 is 11.9 Å². The summed E-state index contributed by atoms with van der Waals surface area (Å²) in [5.41, 5.74) is 0.381. The van der Waals surface area contributed by atoms with E-state index in [1.807, 2.05) is 6.92 Å². The summed E-state index contributed by atoms with van der Waals surface area (Å²) in [6.45, 7) is 2.25. The Hall–Kier alpha value is -2.11. The lowest BCUT2D eigenvalue weighted by Gasteiger charge is -2.24. The summed E-state index contributed by atoms with van der Waals surface area (Å²) in [4.78, 5) is 25.4. The third kappa shape index (κ3) is 3.32. The number of carbonyl (C=O) groups is 2. The highest BCUT2D eigenvalue weighted by molar-refractivity contribution is 5.89. The van der Waals surface area contributed by atoms with Crippen LogP contribution in [0.5, 0.6) is 5.75 Å². The second-order valence-corrected chi connectivity index (χ2v) is 4.97. The molecule has 114 valence electrons. The zero-order valence-corrected chi connectivity index (χ0v) is 12.2. The van der Waals surface area contributed by atoms with E-state index in [2.05, 4.69) is 5.32 Å². The third-order valence-corrected chi connectivity index (χ3v) is 3.59. The number of hydrogen-bond acceptors (Lipinski definition) is 3. The molecule has 0 spiro atoms. The first kappa shape index (κ1) is 15.3. The van der Waals surface area contributed by atoms with Gasteiger partial charge < -0.3 is 15.0 Å². The molecule has 0 radical (unpaired) electrons. The highest BCUT2D eigenvalue weighted by Gasteiger charge is 2.29. The van der Waals surface area contributed by atoms with Gasteiger partial charge in [-0.1, -0.05) is 19.1 Å². The van der Waals surface area contributed by atoms with Crippen molar-refractivity contribution in [3.05, 3.63) is 29.6 Å². The molecule has 6 heteroatoms. The van der Waals surface area contributed by atoms with Crippen LogP contribution in [-0.4, -0.2) is 36.4 Å². The predicted octanol–water partition coefficient (Wildman–Crippen LogP) is 1.46. The Kier molecular flexibility index (Phi) is 4.77. The fourth-order valence-electron chi connectivity index (χ4n) is 2.37. The molecule has 1 aromatic rings. The lowest BCUT2D eigenvalue weighted by molar-refractivity contribution is -0.134. The summed E-state index contributed by atoms with van der Waals surface area (Å²) in [5.74, 6) is -0.644. The van der Waals surface area contributed by atoms with Gasteiger partial charge in [0, 0.05) is 25.1 Å². The first-order valence-corrected chi connectivity index (χ1v) is 6.96. The van der Waals surface area contributed by atoms with Gasteiger partial charge >= 0.3 is 0 Å². The average molecular weight is 294 g/mol. The summed E-state index contributed by atoms with van der Waals surface area (Å²) in [6, 6.07) is 4.30. The molecule has 1 N–H and O–H groups in total. The molecule has 0 aliphatic carbocycles. The molecule has 0 bridgehead atoms. The number of benzene rings is 1. The molecule has 2 rings (SSSR count). The van der Waals surface area contributed by atoms with Crippen LogP contribution in [0.15, 0.2) is 18.2 Å². The fourth-order valence-corrected chi connectivity index (χ4v) is 2.37. The summed E-state index contributed by atoms with van der Waals surface area (Å²) in [5, 5.41) is 2.68. The number of nitrogens with zero attached hydrogens (tertiary/aromatic N) is 1. The Balaban J connectivity index is 2.21. The minimum Gasteiger partial charge on any atom is -0.494 e. The largest absolute Gasteiger partial charge is 0.494 e. The molecule has 1 saturated heterocycles. The minimum absolute atomic E-state index is 0.132. The summed E-state index contributed by atoms with van der Waals surface area (Å²) in [6.07, 6.45) is 0.746. The van der Waals surface area contributed by atoms with Crippen molar-refractivity contribution in [1.82, 2.24) is 10.2 Å². The molecule has 1 atom stereocenters. The van der Waals surface area contributed by atoms with Crippen molar-refractivity contribution < 1.29 is 18.7 Å². The van der Waals surface area contributed by atoms with Gasteiger partial charge in [0.15, 0.2) is 11.6 Å². The van der Waals surface area contributed by atoms with Gasteiger partial charge in [-0.15, -0.1) is 0 Å². The Labute approximate surface area is 123 Å². The minimum atomic E-state index is -0.534. The average Bonchev–Trinajstić information content (AvgIpc) is 2.62. The maximum absolute atomic E-state index is 14.2. The van der Waals surface area contributed by atoms with E-state index in [0.717, 1.165) is 0 Å². The number of nitrogens with one attached hydrogen (secondary N) is 1. The van der Waals surface area contributed by atoms with Crippen LogP contribution >= 0.6 is 0 Å². The molecule has 1 aromatic carbocycles. The van der Waals surface area contributed by atoms with Gasteiger partial charge in [-0.3, -0.25) is 9.59 Å². The molecule has 1 unspecified atom stereocenters. The van der Waals surface area contributed by atoms with Crippen molar-refractivity contribution in [3.8, 4) is 5.75 Å². The number of methoxy groups -OCH3 is 1. The van der Waals surface area contributed by atoms with Gasteiger partial charge in [0.1, 0.15) is 6.04 Å². The topological polar surface area (TPSA) is 58.6 Å². The van der Waals surface area contributed by atoms with Gasteiger partial charge in [0.05, 0.1) is 7.11 Å². The van der Waals surface area contributed by atoms with Crippen molar-refractivity contribution in [3.63, 3.8) is 0 Å². The van der Waals surface area contributed by atoms with Crippen LogP contribution in [0.25, 0.3) is 0 Å². The first-order chi connectivity index (χ1) is 10.1. The van der Waals surface area contributed by atoms with E-state index in [1.54, 1.807) is 12.1 Å². The molecular weight excluding hydrogens is 275 g/mol. The molecular formula is C15H19FN2O3. The summed E-state index contributed by atoms with van der Waals surface area (Å²) in [7, 11) is 1.40. The Morgan fingerprint density at radius 2 is 2.19 bits per heavy atom. The van der Waals surface area contributed by atoms with E-state index in [4.69, 9.17) is 4.74 Å². The molecule has 21 heavy (non-hydrogen) atoms. The SMILES string of the molecule is CCC1NC(=O)CCN(Cc2cccc(OC)c2F)C1=O. The van der Waals surface area contributed by atoms with E-state index in [-0.39, 0.29) is 37.1 Å². The van der Waals surface area contributed by atoms with Crippen LogP contribution < -0.4 is 10.1 Å². The Morgan fingerprint density at radius 1 is 1.43 bits per heavy atom. The van der Waals surface area contributed by atoms with E-state index >= 15 is 0 Å². The van der Waals surface area contributed by atoms with Crippen molar-refractivity contribution in [1.29, 1.82) is 0 Å². The zero-order chi connectivity index (χ0) is 15.4. The van der Waals surface area contributed by atoms with Crippen molar-refractivity contribution >= 4 is 11.8 Å². The van der Waals surface area contributed by atoms with Crippen molar-refractivity contribution in [2.45, 2.75) is 32.4 Å². The smallest absolute Gasteiger partial charge is 0.245 e. The number of rotatable bonds is 4. The van der Waals surface area contributed by atoms with Crippen LogP contribution in [0.2, 0.25) is 0 Å². The van der Waals surface area contributed by atoms with Gasteiger partial charge in [0.2, 0.25) is 11.8 Å². The standard InChI is InChI=1S/C15H19FN2O3/c1-3-11-15(20)18(8-7-13(19)17-11)9-10-5-4-6-12(21-2)14(10)16/h4-6,11H,3,7-9H2,1-2H3,(H,17,19). The van der Waals surface area contributed by atoms with Gasteiger partial charge in [0.25, 0.3) is 0 Å². The van der Waals surface area contributed by atoms with Crippen LogP contribution in [0.1, 0.15) is 25.3 Å². The fraction of sp³-hybridized carbons (Fsp3) is 0.467. The van der Waals surface area contributed by atoms with E-state index in [0.29, 0.717) is 12.0 Å². The number of hydrogen-bond donors (Lipinski definition) is 1. The summed E-state index contributed by atoms with van der Waals surface area (Å²) >= 11 is 0. The van der Waals surface area contributed by atoms with Crippen molar-refractivity contribution in [2.75, 3.05) is 13.7 Å². The predicted molar refractivity (Wildman–Crippen MR) is 75.2 cm³/mol. The van der Waals surface area contributed by atoms with Crippen LogP contribution in [0.4, 0.5) is 4.39 Å². The Bertz CT molecular complexity index is 548. The number of ether oxygens (including phenoxy) is 1. The molecule has 1 aliphatic rings. The molecule has 1 fully saturated rings. The molecule has 1 aliphatic heterocycles. The van der Waals surface area contributed by atoms with E-state index in [9.17, 15) is 14.0 Å². The van der Waals surface area contributed by atoms with Gasteiger partial charge in [-0.05, 0) is 12.5 Å². The van der Waals surface area contributed by atoms with Crippen LogP contribution in [-0.2, 0) is 16.1 Å². The third-order valence-electron chi connectivity index (χ3n) is 3.59. The second kappa shape index (κ2) is 6.56. The number of carbonyl (C=O) groups excluding carboxylic acids is 2. The van der Waals surface area contributed by atoms with Crippen LogP contribution in [0, 0.1) is 5.82 Å². The number of amides is 2. The Morgan fingerprint density at radius 3 is 2.86 bits per heavy atom. The highest BCUT2D eigenvalue weighted by atomic mass is 19.1. The second-order valence-electron chi connectivity index (χ2n) is 4.97. The molecule has 5 nitrogen and oxygen atoms in total. The van der Waals surface area contributed by atoms with Crippen molar-refractivity contribution in [2.24, 2.45) is 0 Å². The summed E-state index contributed by atoms with van der Waals surface area (Å²) < 4.78 is 19.1. The van der Waals surface area contributed by atoms with Gasteiger partial charge in [-0.25, -0.2) is 4.39 Å². The first-order valence-electron chi connectivity index (χ1n) is 6.96. The zero-order valence-electron chi connectivity index (χ0n) is 12.2. The van der Waals surface area contributed by atoms with E-state index in [1.165, 1.54) is 18.1 Å². The molecule has 2 amide bonds. The van der Waals surface area contributed by atoms with Crippen LogP contribution in [0.3, 0.4) is 0 Å². The normalized spacial score (nSPS) is 19.2. The lowest BCUT2D eigenvalue weighted by atomic mass is 10.1. The highest BCUT2D eigenvalue weighted by Crippen LogP contribution is 2.22. The van der Waals surface area contributed by atoms with Gasteiger partial charge in [-0.2, -0.15) is 0 Å². The maximum atomic E-state index is 14.2. The number of halogens is 1. The molecule has 0 saturated carbocycles. The molecule has 1 heterocycles. The lowest BCUT2D eigenvalue weighted by Crippen LogP contribution is -2.44. The monoisotopic (exact) mass is 294 g/mol.